The Hall–Kier alpha value is -1.69. The molecular formula is C12H13F2NO3. The van der Waals surface area contributed by atoms with Crippen molar-refractivity contribution in [3.63, 3.8) is 0 Å². The number of carbonyl (C=O) groups is 1. The molecule has 1 heterocycles. The lowest BCUT2D eigenvalue weighted by atomic mass is 10.1. The Kier molecular flexibility index (Phi) is 3.47. The molecule has 1 aromatic carbocycles. The van der Waals surface area contributed by atoms with Gasteiger partial charge in [-0.05, 0) is 0 Å². The first-order chi connectivity index (χ1) is 8.56. The van der Waals surface area contributed by atoms with Crippen LogP contribution < -0.4 is 9.64 Å². The van der Waals surface area contributed by atoms with E-state index in [4.69, 9.17) is 9.84 Å². The maximum Gasteiger partial charge on any atom is 0.227 e. The summed E-state index contributed by atoms with van der Waals surface area (Å²) in [4.78, 5) is 12.7. The Balaban J connectivity index is 2.37. The van der Waals surface area contributed by atoms with Crippen LogP contribution in [0.15, 0.2) is 12.1 Å². The number of benzene rings is 1. The van der Waals surface area contributed by atoms with Gasteiger partial charge in [0.2, 0.25) is 5.91 Å². The third-order valence-corrected chi connectivity index (χ3v) is 2.96. The fraction of sp³-hybridized carbons (Fsp3) is 0.417. The van der Waals surface area contributed by atoms with Gasteiger partial charge in [0.15, 0.2) is 11.6 Å². The zero-order valence-corrected chi connectivity index (χ0v) is 9.82. The minimum Gasteiger partial charge on any atom is -0.497 e. The van der Waals surface area contributed by atoms with Crippen LogP contribution in [0.25, 0.3) is 0 Å². The van der Waals surface area contributed by atoms with Crippen molar-refractivity contribution in [2.24, 2.45) is 5.92 Å². The van der Waals surface area contributed by atoms with Crippen LogP contribution in [0, 0.1) is 17.6 Å². The monoisotopic (exact) mass is 257 g/mol. The number of methoxy groups -OCH3 is 1. The average Bonchev–Trinajstić information content (AvgIpc) is 2.70. The first-order valence-corrected chi connectivity index (χ1v) is 5.51. The molecule has 18 heavy (non-hydrogen) atoms. The number of aliphatic hydroxyl groups excluding tert-OH is 1. The van der Waals surface area contributed by atoms with Gasteiger partial charge in [0.25, 0.3) is 0 Å². The summed E-state index contributed by atoms with van der Waals surface area (Å²) in [6.07, 6.45) is 0.0986. The van der Waals surface area contributed by atoms with E-state index in [2.05, 4.69) is 0 Å². The van der Waals surface area contributed by atoms with Gasteiger partial charge in [-0.2, -0.15) is 0 Å². The quantitative estimate of drug-likeness (QED) is 0.888. The van der Waals surface area contributed by atoms with E-state index in [1.807, 2.05) is 0 Å². The molecule has 0 spiro atoms. The summed E-state index contributed by atoms with van der Waals surface area (Å²) >= 11 is 0. The molecule has 6 heteroatoms. The van der Waals surface area contributed by atoms with Crippen LogP contribution in [0.2, 0.25) is 0 Å². The molecule has 1 aliphatic heterocycles. The van der Waals surface area contributed by atoms with Crippen molar-refractivity contribution in [2.45, 2.75) is 6.42 Å². The predicted octanol–water partition coefficient (Wildman–Crippen LogP) is 1.32. The number of aliphatic hydroxyl groups is 1. The molecule has 1 aliphatic rings. The van der Waals surface area contributed by atoms with Gasteiger partial charge in [0.05, 0.1) is 7.11 Å². The predicted molar refractivity (Wildman–Crippen MR) is 60.5 cm³/mol. The molecule has 1 unspecified atom stereocenters. The number of anilines is 1. The summed E-state index contributed by atoms with van der Waals surface area (Å²) in [7, 11) is 1.30. The Morgan fingerprint density at radius 2 is 2.06 bits per heavy atom. The van der Waals surface area contributed by atoms with Gasteiger partial charge in [-0.3, -0.25) is 4.79 Å². The topological polar surface area (TPSA) is 49.8 Å². The molecule has 1 fully saturated rings. The number of halogens is 2. The second-order valence-electron chi connectivity index (χ2n) is 4.20. The van der Waals surface area contributed by atoms with E-state index < -0.39 is 17.5 Å². The van der Waals surface area contributed by atoms with Crippen molar-refractivity contribution in [1.29, 1.82) is 0 Å². The highest BCUT2D eigenvalue weighted by atomic mass is 19.1. The van der Waals surface area contributed by atoms with E-state index in [9.17, 15) is 13.6 Å². The summed E-state index contributed by atoms with van der Waals surface area (Å²) in [6.45, 7) is -0.0584. The van der Waals surface area contributed by atoms with Crippen molar-refractivity contribution in [2.75, 3.05) is 25.2 Å². The molecule has 2 rings (SSSR count). The minimum absolute atomic E-state index is 0.0547. The maximum absolute atomic E-state index is 13.8. The van der Waals surface area contributed by atoms with Crippen LogP contribution in [0.4, 0.5) is 14.5 Å². The van der Waals surface area contributed by atoms with E-state index >= 15 is 0 Å². The number of carbonyl (C=O) groups excluding carboxylic acids is 1. The summed E-state index contributed by atoms with van der Waals surface area (Å²) in [6, 6.07) is 2.05. The van der Waals surface area contributed by atoms with Crippen molar-refractivity contribution in [3.05, 3.63) is 23.8 Å². The number of hydrogen-bond donors (Lipinski definition) is 1. The van der Waals surface area contributed by atoms with E-state index in [1.165, 1.54) is 7.11 Å². The molecule has 0 saturated carbocycles. The van der Waals surface area contributed by atoms with Crippen LogP contribution in [0.1, 0.15) is 6.42 Å². The highest BCUT2D eigenvalue weighted by Crippen LogP contribution is 2.32. The zero-order chi connectivity index (χ0) is 13.3. The summed E-state index contributed by atoms with van der Waals surface area (Å²) in [5, 5.41) is 8.98. The fourth-order valence-corrected chi connectivity index (χ4v) is 2.04. The number of nitrogens with zero attached hydrogens (tertiary/aromatic N) is 1. The van der Waals surface area contributed by atoms with Gasteiger partial charge < -0.3 is 14.7 Å². The van der Waals surface area contributed by atoms with Gasteiger partial charge in [0, 0.05) is 37.6 Å². The number of rotatable bonds is 3. The smallest absolute Gasteiger partial charge is 0.227 e. The average molecular weight is 257 g/mol. The van der Waals surface area contributed by atoms with Gasteiger partial charge in [-0.1, -0.05) is 0 Å². The Morgan fingerprint density at radius 1 is 1.44 bits per heavy atom. The molecule has 1 N–H and O–H groups in total. The number of amides is 1. The molecule has 0 radical (unpaired) electrons. The third-order valence-electron chi connectivity index (χ3n) is 2.96. The summed E-state index contributed by atoms with van der Waals surface area (Å²) in [5.74, 6) is -2.31. The highest BCUT2D eigenvalue weighted by Gasteiger charge is 2.33. The molecule has 1 amide bonds. The Labute approximate surface area is 103 Å². The first-order valence-electron chi connectivity index (χ1n) is 5.51. The van der Waals surface area contributed by atoms with E-state index in [0.717, 1.165) is 17.0 Å². The molecule has 98 valence electrons. The molecule has 1 aromatic rings. The van der Waals surface area contributed by atoms with E-state index in [-0.39, 0.29) is 36.9 Å². The second kappa shape index (κ2) is 4.89. The Bertz CT molecular complexity index is 455. The maximum atomic E-state index is 13.8. The molecule has 0 aliphatic carbocycles. The van der Waals surface area contributed by atoms with Crippen molar-refractivity contribution in [1.82, 2.24) is 0 Å². The molecule has 0 bridgehead atoms. The van der Waals surface area contributed by atoms with Crippen LogP contribution in [0.5, 0.6) is 5.75 Å². The first kappa shape index (κ1) is 12.8. The normalized spacial score (nSPS) is 19.4. The van der Waals surface area contributed by atoms with Gasteiger partial charge in [-0.25, -0.2) is 8.78 Å². The van der Waals surface area contributed by atoms with Crippen molar-refractivity contribution < 1.29 is 23.4 Å². The molecule has 4 nitrogen and oxygen atoms in total. The van der Waals surface area contributed by atoms with E-state index in [0.29, 0.717) is 0 Å². The molecular weight excluding hydrogens is 244 g/mol. The van der Waals surface area contributed by atoms with Crippen LogP contribution in [-0.2, 0) is 4.79 Å². The number of hydrogen-bond acceptors (Lipinski definition) is 3. The third kappa shape index (κ3) is 2.15. The van der Waals surface area contributed by atoms with Gasteiger partial charge >= 0.3 is 0 Å². The summed E-state index contributed by atoms with van der Waals surface area (Å²) in [5.41, 5.74) is -0.378. The lowest BCUT2D eigenvalue weighted by Crippen LogP contribution is -2.27. The van der Waals surface area contributed by atoms with Crippen LogP contribution in [0.3, 0.4) is 0 Å². The summed E-state index contributed by atoms with van der Waals surface area (Å²) < 4.78 is 32.3. The van der Waals surface area contributed by atoms with Gasteiger partial charge in [-0.15, -0.1) is 0 Å². The molecule has 1 saturated heterocycles. The minimum atomic E-state index is -0.848. The van der Waals surface area contributed by atoms with Crippen LogP contribution in [-0.4, -0.2) is 31.3 Å². The SMILES string of the molecule is COc1cc(F)c(N2CC(CO)CC2=O)c(F)c1. The van der Waals surface area contributed by atoms with Crippen molar-refractivity contribution in [3.8, 4) is 5.75 Å². The lowest BCUT2D eigenvalue weighted by Gasteiger charge is -2.18. The zero-order valence-electron chi connectivity index (χ0n) is 9.82. The standard InChI is InChI=1S/C12H13F2NO3/c1-18-8-3-9(13)12(10(14)4-8)15-5-7(6-16)2-11(15)17/h3-4,7,16H,2,5-6H2,1H3. The van der Waals surface area contributed by atoms with E-state index in [1.54, 1.807) is 0 Å². The molecule has 0 aromatic heterocycles. The lowest BCUT2D eigenvalue weighted by molar-refractivity contribution is -0.117. The van der Waals surface area contributed by atoms with Crippen LogP contribution >= 0.6 is 0 Å². The largest absolute Gasteiger partial charge is 0.497 e. The second-order valence-corrected chi connectivity index (χ2v) is 4.20. The fourth-order valence-electron chi connectivity index (χ4n) is 2.04. The number of ether oxygens (including phenoxy) is 1. The highest BCUT2D eigenvalue weighted by molar-refractivity contribution is 5.96. The molecule has 1 atom stereocenters. The van der Waals surface area contributed by atoms with Gasteiger partial charge in [0.1, 0.15) is 11.4 Å². The van der Waals surface area contributed by atoms with Crippen molar-refractivity contribution >= 4 is 11.6 Å². The Morgan fingerprint density at radius 3 is 2.50 bits per heavy atom.